The molecule has 1 saturated heterocycles. The van der Waals surface area contributed by atoms with Gasteiger partial charge in [-0.3, -0.25) is 4.79 Å². The highest BCUT2D eigenvalue weighted by molar-refractivity contribution is 7.91. The van der Waals surface area contributed by atoms with Crippen molar-refractivity contribution >= 4 is 15.7 Å². The standard InChI is InChI=1S/C15H21NO3S/c1-12-3-2-4-14(9-12)11-16-15(17)10-13-5-7-20(18,19)8-6-13/h2-4,9,13H,5-8,10-11H2,1H3,(H,16,17). The first-order valence-corrected chi connectivity index (χ1v) is 8.79. The van der Waals surface area contributed by atoms with Crippen molar-refractivity contribution in [1.29, 1.82) is 0 Å². The minimum atomic E-state index is -2.84. The van der Waals surface area contributed by atoms with Crippen LogP contribution in [-0.2, 0) is 21.2 Å². The van der Waals surface area contributed by atoms with Crippen LogP contribution in [0.2, 0.25) is 0 Å². The molecule has 1 aliphatic heterocycles. The fourth-order valence-electron chi connectivity index (χ4n) is 2.50. The number of hydrogen-bond donors (Lipinski definition) is 1. The summed E-state index contributed by atoms with van der Waals surface area (Å²) in [4.78, 5) is 11.9. The summed E-state index contributed by atoms with van der Waals surface area (Å²) in [5, 5.41) is 2.91. The van der Waals surface area contributed by atoms with Gasteiger partial charge in [-0.2, -0.15) is 0 Å². The van der Waals surface area contributed by atoms with E-state index in [1.165, 1.54) is 5.56 Å². The third kappa shape index (κ3) is 4.63. The van der Waals surface area contributed by atoms with E-state index in [9.17, 15) is 13.2 Å². The maximum Gasteiger partial charge on any atom is 0.220 e. The van der Waals surface area contributed by atoms with Crippen LogP contribution in [0.25, 0.3) is 0 Å². The van der Waals surface area contributed by atoms with Gasteiger partial charge in [-0.15, -0.1) is 0 Å². The summed E-state index contributed by atoms with van der Waals surface area (Å²) in [7, 11) is -2.84. The Hall–Kier alpha value is -1.36. The van der Waals surface area contributed by atoms with Gasteiger partial charge in [0.05, 0.1) is 11.5 Å². The Morgan fingerprint density at radius 3 is 2.65 bits per heavy atom. The molecular weight excluding hydrogens is 274 g/mol. The number of carbonyl (C=O) groups is 1. The molecule has 1 N–H and O–H groups in total. The minimum absolute atomic E-state index is 0.0100. The van der Waals surface area contributed by atoms with Crippen LogP contribution in [0.5, 0.6) is 0 Å². The Morgan fingerprint density at radius 2 is 2.00 bits per heavy atom. The molecule has 1 fully saturated rings. The second-order valence-electron chi connectivity index (χ2n) is 5.57. The quantitative estimate of drug-likeness (QED) is 0.921. The summed E-state index contributed by atoms with van der Waals surface area (Å²) in [6.45, 7) is 2.55. The van der Waals surface area contributed by atoms with E-state index in [1.807, 2.05) is 31.2 Å². The molecule has 0 aliphatic carbocycles. The van der Waals surface area contributed by atoms with E-state index in [-0.39, 0.29) is 23.3 Å². The Morgan fingerprint density at radius 1 is 1.30 bits per heavy atom. The molecule has 1 aliphatic rings. The van der Waals surface area contributed by atoms with Crippen molar-refractivity contribution in [2.45, 2.75) is 32.7 Å². The van der Waals surface area contributed by atoms with Crippen LogP contribution in [0.4, 0.5) is 0 Å². The second kappa shape index (κ2) is 6.39. The fraction of sp³-hybridized carbons (Fsp3) is 0.533. The lowest BCUT2D eigenvalue weighted by Crippen LogP contribution is -2.29. The lowest BCUT2D eigenvalue weighted by molar-refractivity contribution is -0.122. The number of carbonyl (C=O) groups excluding carboxylic acids is 1. The summed E-state index contributed by atoms with van der Waals surface area (Å²) in [5.74, 6) is 0.665. The van der Waals surface area contributed by atoms with Gasteiger partial charge in [-0.05, 0) is 31.2 Å². The number of benzene rings is 1. The molecule has 0 unspecified atom stereocenters. The molecule has 5 heteroatoms. The molecule has 4 nitrogen and oxygen atoms in total. The molecule has 2 rings (SSSR count). The van der Waals surface area contributed by atoms with Gasteiger partial charge < -0.3 is 5.32 Å². The Kier molecular flexibility index (Phi) is 4.81. The maximum atomic E-state index is 11.9. The van der Waals surface area contributed by atoms with E-state index in [0.29, 0.717) is 25.8 Å². The van der Waals surface area contributed by atoms with Gasteiger partial charge in [0.15, 0.2) is 0 Å². The van der Waals surface area contributed by atoms with Crippen LogP contribution in [0.15, 0.2) is 24.3 Å². The van der Waals surface area contributed by atoms with Crippen molar-refractivity contribution in [2.75, 3.05) is 11.5 Å². The van der Waals surface area contributed by atoms with Crippen molar-refractivity contribution in [3.63, 3.8) is 0 Å². The topological polar surface area (TPSA) is 63.2 Å². The molecule has 0 bridgehead atoms. The Labute approximate surface area is 120 Å². The first kappa shape index (κ1) is 15.0. The van der Waals surface area contributed by atoms with Crippen LogP contribution in [0.1, 0.15) is 30.4 Å². The normalized spacial score (nSPS) is 18.6. The van der Waals surface area contributed by atoms with E-state index < -0.39 is 9.84 Å². The molecule has 0 saturated carbocycles. The summed E-state index contributed by atoms with van der Waals surface area (Å²) in [6.07, 6.45) is 1.65. The highest BCUT2D eigenvalue weighted by Crippen LogP contribution is 2.21. The van der Waals surface area contributed by atoms with Crippen molar-refractivity contribution in [2.24, 2.45) is 5.92 Å². The first-order chi connectivity index (χ1) is 9.44. The maximum absolute atomic E-state index is 11.9. The third-order valence-corrected chi connectivity index (χ3v) is 5.44. The average molecular weight is 295 g/mol. The molecule has 0 spiro atoms. The highest BCUT2D eigenvalue weighted by atomic mass is 32.2. The van der Waals surface area contributed by atoms with Gasteiger partial charge in [0.2, 0.25) is 5.91 Å². The number of hydrogen-bond acceptors (Lipinski definition) is 3. The minimum Gasteiger partial charge on any atom is -0.352 e. The van der Waals surface area contributed by atoms with Crippen LogP contribution in [0.3, 0.4) is 0 Å². The van der Waals surface area contributed by atoms with Crippen LogP contribution < -0.4 is 5.32 Å². The van der Waals surface area contributed by atoms with Crippen molar-refractivity contribution in [1.82, 2.24) is 5.32 Å². The van der Waals surface area contributed by atoms with Gasteiger partial charge in [0, 0.05) is 13.0 Å². The van der Waals surface area contributed by atoms with E-state index in [4.69, 9.17) is 0 Å². The van der Waals surface area contributed by atoms with Gasteiger partial charge in [0.25, 0.3) is 0 Å². The number of rotatable bonds is 4. The molecule has 1 aromatic carbocycles. The Balaban J connectivity index is 1.76. The van der Waals surface area contributed by atoms with E-state index in [1.54, 1.807) is 0 Å². The predicted octanol–water partition coefficient (Wildman–Crippen LogP) is 1.83. The summed E-state index contributed by atoms with van der Waals surface area (Å²) in [6, 6.07) is 8.03. The molecule has 0 atom stereocenters. The zero-order valence-corrected chi connectivity index (χ0v) is 12.6. The van der Waals surface area contributed by atoms with Gasteiger partial charge in [-0.1, -0.05) is 29.8 Å². The summed E-state index contributed by atoms with van der Waals surface area (Å²) >= 11 is 0. The lowest BCUT2D eigenvalue weighted by Gasteiger charge is -2.21. The fourth-order valence-corrected chi connectivity index (χ4v) is 4.09. The zero-order valence-electron chi connectivity index (χ0n) is 11.8. The molecule has 1 heterocycles. The van der Waals surface area contributed by atoms with Crippen LogP contribution in [0, 0.1) is 12.8 Å². The van der Waals surface area contributed by atoms with Crippen molar-refractivity contribution in [3.05, 3.63) is 35.4 Å². The Bertz CT molecular complexity index is 567. The number of sulfone groups is 1. The molecular formula is C15H21NO3S. The monoisotopic (exact) mass is 295 g/mol. The third-order valence-electron chi connectivity index (χ3n) is 3.72. The average Bonchev–Trinajstić information content (AvgIpc) is 2.39. The number of nitrogens with one attached hydrogen (secondary N) is 1. The SMILES string of the molecule is Cc1cccc(CNC(=O)CC2CCS(=O)(=O)CC2)c1. The smallest absolute Gasteiger partial charge is 0.220 e. The lowest BCUT2D eigenvalue weighted by atomic mass is 9.98. The molecule has 0 aromatic heterocycles. The van der Waals surface area contributed by atoms with Crippen LogP contribution in [-0.4, -0.2) is 25.8 Å². The first-order valence-electron chi connectivity index (χ1n) is 6.97. The second-order valence-corrected chi connectivity index (χ2v) is 7.87. The summed E-state index contributed by atoms with van der Waals surface area (Å²) in [5.41, 5.74) is 2.26. The van der Waals surface area contributed by atoms with Gasteiger partial charge in [0.1, 0.15) is 9.84 Å². The predicted molar refractivity (Wildman–Crippen MR) is 79.0 cm³/mol. The van der Waals surface area contributed by atoms with Crippen LogP contribution >= 0.6 is 0 Å². The molecule has 1 aromatic rings. The van der Waals surface area contributed by atoms with Gasteiger partial charge >= 0.3 is 0 Å². The molecule has 110 valence electrons. The number of aryl methyl sites for hydroxylation is 1. The largest absolute Gasteiger partial charge is 0.352 e. The van der Waals surface area contributed by atoms with E-state index in [0.717, 1.165) is 5.56 Å². The van der Waals surface area contributed by atoms with Gasteiger partial charge in [-0.25, -0.2) is 8.42 Å². The van der Waals surface area contributed by atoms with E-state index >= 15 is 0 Å². The highest BCUT2D eigenvalue weighted by Gasteiger charge is 2.25. The van der Waals surface area contributed by atoms with Crippen molar-refractivity contribution in [3.8, 4) is 0 Å². The molecule has 0 radical (unpaired) electrons. The van der Waals surface area contributed by atoms with E-state index in [2.05, 4.69) is 5.32 Å². The number of amides is 1. The van der Waals surface area contributed by atoms with Crippen molar-refractivity contribution < 1.29 is 13.2 Å². The zero-order chi connectivity index (χ0) is 14.6. The summed E-state index contributed by atoms with van der Waals surface area (Å²) < 4.78 is 22.6. The molecule has 1 amide bonds. The molecule has 20 heavy (non-hydrogen) atoms.